The van der Waals surface area contributed by atoms with Crippen molar-refractivity contribution in [2.24, 2.45) is 0 Å². The van der Waals surface area contributed by atoms with Crippen molar-refractivity contribution in [2.45, 2.75) is 20.1 Å². The van der Waals surface area contributed by atoms with E-state index in [4.69, 9.17) is 16.3 Å². The lowest BCUT2D eigenvalue weighted by Crippen LogP contribution is -2.05. The lowest BCUT2D eigenvalue weighted by molar-refractivity contribution is 0.290. The van der Waals surface area contributed by atoms with Crippen LogP contribution in [0.1, 0.15) is 12.7 Å². The van der Waals surface area contributed by atoms with Crippen LogP contribution in [-0.4, -0.2) is 9.55 Å². The van der Waals surface area contributed by atoms with Crippen molar-refractivity contribution in [1.29, 1.82) is 0 Å². The molecule has 0 aliphatic rings. The molecular weight excluding hydrogens is 224 g/mol. The molecule has 16 heavy (non-hydrogen) atoms. The molecular formula is C12H13ClN2O. The summed E-state index contributed by atoms with van der Waals surface area (Å²) in [6, 6.07) is 7.31. The summed E-state index contributed by atoms with van der Waals surface area (Å²) in [5.41, 5.74) is 0. The summed E-state index contributed by atoms with van der Waals surface area (Å²) >= 11 is 5.79. The van der Waals surface area contributed by atoms with E-state index < -0.39 is 0 Å². The molecule has 2 rings (SSSR count). The van der Waals surface area contributed by atoms with Crippen molar-refractivity contribution in [3.05, 3.63) is 47.5 Å². The summed E-state index contributed by atoms with van der Waals surface area (Å²) in [6.45, 7) is 3.45. The Kier molecular flexibility index (Phi) is 3.47. The number of aryl methyl sites for hydroxylation is 1. The van der Waals surface area contributed by atoms with Gasteiger partial charge in [-0.3, -0.25) is 0 Å². The Labute approximate surface area is 99.6 Å². The van der Waals surface area contributed by atoms with Gasteiger partial charge in [-0.1, -0.05) is 11.6 Å². The van der Waals surface area contributed by atoms with Gasteiger partial charge in [0.15, 0.2) is 0 Å². The van der Waals surface area contributed by atoms with Gasteiger partial charge in [0.25, 0.3) is 0 Å². The molecule has 1 aromatic carbocycles. The van der Waals surface area contributed by atoms with E-state index in [1.165, 1.54) is 0 Å². The largest absolute Gasteiger partial charge is 0.486 e. The van der Waals surface area contributed by atoms with Gasteiger partial charge in [-0.15, -0.1) is 0 Å². The molecule has 3 nitrogen and oxygen atoms in total. The molecule has 0 amide bonds. The third-order valence-corrected chi connectivity index (χ3v) is 2.58. The van der Waals surface area contributed by atoms with Gasteiger partial charge in [0.05, 0.1) is 0 Å². The number of benzene rings is 1. The first-order chi connectivity index (χ1) is 7.79. The number of imidazole rings is 1. The second kappa shape index (κ2) is 5.03. The van der Waals surface area contributed by atoms with E-state index in [0.29, 0.717) is 11.6 Å². The minimum absolute atomic E-state index is 0.475. The fraction of sp³-hybridized carbons (Fsp3) is 0.250. The van der Waals surface area contributed by atoms with Crippen LogP contribution in [0.15, 0.2) is 36.7 Å². The Hall–Kier alpha value is -1.48. The maximum absolute atomic E-state index is 5.79. The molecule has 0 aliphatic carbocycles. The van der Waals surface area contributed by atoms with Gasteiger partial charge in [0.2, 0.25) is 0 Å². The van der Waals surface area contributed by atoms with E-state index in [-0.39, 0.29) is 0 Å². The number of rotatable bonds is 4. The molecule has 4 heteroatoms. The molecule has 0 bridgehead atoms. The molecule has 2 aromatic rings. The molecule has 0 spiro atoms. The van der Waals surface area contributed by atoms with Gasteiger partial charge >= 0.3 is 0 Å². The van der Waals surface area contributed by atoms with Crippen LogP contribution in [0.4, 0.5) is 0 Å². The third kappa shape index (κ3) is 2.55. The van der Waals surface area contributed by atoms with Crippen LogP contribution in [0.5, 0.6) is 5.75 Å². The van der Waals surface area contributed by atoms with Crippen molar-refractivity contribution >= 4 is 11.6 Å². The van der Waals surface area contributed by atoms with Gasteiger partial charge in [-0.25, -0.2) is 4.98 Å². The Balaban J connectivity index is 1.99. The summed E-state index contributed by atoms with van der Waals surface area (Å²) in [6.07, 6.45) is 3.73. The molecule has 0 unspecified atom stereocenters. The number of hydrogen-bond donors (Lipinski definition) is 0. The summed E-state index contributed by atoms with van der Waals surface area (Å²) in [5, 5.41) is 0.711. The highest BCUT2D eigenvalue weighted by molar-refractivity contribution is 6.30. The number of halogens is 1. The summed E-state index contributed by atoms with van der Waals surface area (Å²) in [4.78, 5) is 4.23. The average molecular weight is 237 g/mol. The number of ether oxygens (including phenoxy) is 1. The fourth-order valence-corrected chi connectivity index (χ4v) is 1.57. The lowest BCUT2D eigenvalue weighted by Gasteiger charge is -2.07. The van der Waals surface area contributed by atoms with Crippen molar-refractivity contribution in [3.8, 4) is 5.75 Å². The predicted octanol–water partition coefficient (Wildman–Crippen LogP) is 3.14. The third-order valence-electron chi connectivity index (χ3n) is 2.32. The number of nitrogens with zero attached hydrogens (tertiary/aromatic N) is 2. The Morgan fingerprint density at radius 1 is 1.31 bits per heavy atom. The second-order valence-electron chi connectivity index (χ2n) is 3.37. The quantitative estimate of drug-likeness (QED) is 0.816. The molecule has 0 radical (unpaired) electrons. The van der Waals surface area contributed by atoms with Gasteiger partial charge in [0.1, 0.15) is 18.2 Å². The van der Waals surface area contributed by atoms with Crippen LogP contribution < -0.4 is 4.74 Å². The lowest BCUT2D eigenvalue weighted by atomic mass is 10.3. The van der Waals surface area contributed by atoms with Crippen molar-refractivity contribution in [3.63, 3.8) is 0 Å². The SMILES string of the molecule is CCn1ccnc1COc1ccc(Cl)cc1. The van der Waals surface area contributed by atoms with E-state index >= 15 is 0 Å². The maximum Gasteiger partial charge on any atom is 0.146 e. The molecule has 0 saturated heterocycles. The first kappa shape index (κ1) is 11.0. The zero-order valence-corrected chi connectivity index (χ0v) is 9.81. The molecule has 0 fully saturated rings. The fourth-order valence-electron chi connectivity index (χ4n) is 1.45. The molecule has 0 aliphatic heterocycles. The van der Waals surface area contributed by atoms with Crippen LogP contribution in [0.2, 0.25) is 5.02 Å². The van der Waals surface area contributed by atoms with Crippen molar-refractivity contribution < 1.29 is 4.74 Å². The normalized spacial score (nSPS) is 10.4. The van der Waals surface area contributed by atoms with E-state index in [9.17, 15) is 0 Å². The van der Waals surface area contributed by atoms with Crippen molar-refractivity contribution in [2.75, 3.05) is 0 Å². The zero-order chi connectivity index (χ0) is 11.4. The van der Waals surface area contributed by atoms with E-state index in [1.54, 1.807) is 6.20 Å². The Morgan fingerprint density at radius 3 is 2.75 bits per heavy atom. The minimum atomic E-state index is 0.475. The first-order valence-corrected chi connectivity index (χ1v) is 5.55. The zero-order valence-electron chi connectivity index (χ0n) is 9.06. The highest BCUT2D eigenvalue weighted by Crippen LogP contribution is 2.16. The average Bonchev–Trinajstić information content (AvgIpc) is 2.76. The van der Waals surface area contributed by atoms with Crippen molar-refractivity contribution in [1.82, 2.24) is 9.55 Å². The second-order valence-corrected chi connectivity index (χ2v) is 3.81. The smallest absolute Gasteiger partial charge is 0.146 e. The van der Waals surface area contributed by atoms with E-state index in [0.717, 1.165) is 18.1 Å². The summed E-state index contributed by atoms with van der Waals surface area (Å²) in [5.74, 6) is 1.73. The molecule has 0 atom stereocenters. The van der Waals surface area contributed by atoms with E-state index in [1.807, 2.05) is 30.5 Å². The highest BCUT2D eigenvalue weighted by Gasteiger charge is 2.01. The minimum Gasteiger partial charge on any atom is -0.486 e. The molecule has 0 N–H and O–H groups in total. The van der Waals surface area contributed by atoms with Crippen LogP contribution in [0, 0.1) is 0 Å². The highest BCUT2D eigenvalue weighted by atomic mass is 35.5. The van der Waals surface area contributed by atoms with Crippen LogP contribution in [0.3, 0.4) is 0 Å². The van der Waals surface area contributed by atoms with Gasteiger partial charge < -0.3 is 9.30 Å². The van der Waals surface area contributed by atoms with Gasteiger partial charge in [-0.05, 0) is 31.2 Å². The molecule has 1 aromatic heterocycles. The van der Waals surface area contributed by atoms with Crippen LogP contribution >= 0.6 is 11.6 Å². The molecule has 0 saturated carbocycles. The number of hydrogen-bond acceptors (Lipinski definition) is 2. The first-order valence-electron chi connectivity index (χ1n) is 5.18. The summed E-state index contributed by atoms with van der Waals surface area (Å²) in [7, 11) is 0. The number of aromatic nitrogens is 2. The van der Waals surface area contributed by atoms with Gasteiger partial charge in [-0.2, -0.15) is 0 Å². The Bertz CT molecular complexity index is 450. The predicted molar refractivity (Wildman–Crippen MR) is 63.7 cm³/mol. The monoisotopic (exact) mass is 236 g/mol. The summed E-state index contributed by atoms with van der Waals surface area (Å²) < 4.78 is 7.66. The van der Waals surface area contributed by atoms with E-state index in [2.05, 4.69) is 16.5 Å². The maximum atomic E-state index is 5.79. The standard InChI is InChI=1S/C12H13ClN2O/c1-2-15-8-7-14-12(15)9-16-11-5-3-10(13)4-6-11/h3-8H,2,9H2,1H3. The Morgan fingerprint density at radius 2 is 2.06 bits per heavy atom. The van der Waals surface area contributed by atoms with Crippen LogP contribution in [0.25, 0.3) is 0 Å². The molecule has 1 heterocycles. The van der Waals surface area contributed by atoms with Crippen LogP contribution in [-0.2, 0) is 13.2 Å². The van der Waals surface area contributed by atoms with Gasteiger partial charge in [0, 0.05) is 24.0 Å². The molecule has 84 valence electrons. The topological polar surface area (TPSA) is 27.1 Å².